The van der Waals surface area contributed by atoms with Crippen LogP contribution in [0.4, 0.5) is 0 Å². The molecule has 5 nitrogen and oxygen atoms in total. The molecule has 1 saturated heterocycles. The summed E-state index contributed by atoms with van der Waals surface area (Å²) in [4.78, 5) is 12.6. The summed E-state index contributed by atoms with van der Waals surface area (Å²) < 4.78 is 0. The summed E-state index contributed by atoms with van der Waals surface area (Å²) >= 11 is 1.75. The van der Waals surface area contributed by atoms with Gasteiger partial charge in [-0.25, -0.2) is 4.98 Å². The van der Waals surface area contributed by atoms with Crippen LogP contribution in [-0.2, 0) is 6.54 Å². The molecule has 0 radical (unpaired) electrons. The lowest BCUT2D eigenvalue weighted by atomic mass is 10.1. The average molecular weight is 324 g/mol. The highest BCUT2D eigenvalue weighted by Gasteiger charge is 2.31. The van der Waals surface area contributed by atoms with E-state index in [1.807, 2.05) is 7.05 Å². The Kier molecular flexibility index (Phi) is 5.81. The lowest BCUT2D eigenvalue weighted by Gasteiger charge is -2.21. The van der Waals surface area contributed by atoms with Gasteiger partial charge in [0, 0.05) is 37.1 Å². The molecule has 2 atom stereocenters. The van der Waals surface area contributed by atoms with Gasteiger partial charge in [0.15, 0.2) is 5.96 Å². The Labute approximate surface area is 138 Å². The van der Waals surface area contributed by atoms with E-state index >= 15 is 0 Å². The van der Waals surface area contributed by atoms with Gasteiger partial charge in [0.25, 0.3) is 0 Å². The zero-order valence-corrected chi connectivity index (χ0v) is 15.4. The Balaban J connectivity index is 1.89. The molecule has 1 aromatic rings. The molecule has 2 rings (SSSR count). The van der Waals surface area contributed by atoms with Crippen LogP contribution in [0.5, 0.6) is 0 Å². The Morgan fingerprint density at radius 1 is 1.41 bits per heavy atom. The summed E-state index contributed by atoms with van der Waals surface area (Å²) in [6.45, 7) is 14.0. The summed E-state index contributed by atoms with van der Waals surface area (Å²) in [7, 11) is 1.83. The van der Waals surface area contributed by atoms with E-state index in [2.05, 4.69) is 60.1 Å². The highest BCUT2D eigenvalue weighted by molar-refractivity contribution is 7.11. The molecule has 0 bridgehead atoms. The third-order valence-electron chi connectivity index (χ3n) is 4.33. The Hall–Kier alpha value is -1.14. The number of thiazole rings is 1. The van der Waals surface area contributed by atoms with Gasteiger partial charge in [-0.2, -0.15) is 0 Å². The van der Waals surface area contributed by atoms with E-state index in [4.69, 9.17) is 0 Å². The van der Waals surface area contributed by atoms with Gasteiger partial charge >= 0.3 is 0 Å². The molecule has 124 valence electrons. The predicted octanol–water partition coefficient (Wildman–Crippen LogP) is 2.15. The molecular weight excluding hydrogens is 294 g/mol. The Bertz CT molecular complexity index is 523. The summed E-state index contributed by atoms with van der Waals surface area (Å²) in [6.07, 6.45) is 0. The van der Waals surface area contributed by atoms with Crippen LogP contribution >= 0.6 is 11.3 Å². The highest BCUT2D eigenvalue weighted by Crippen LogP contribution is 2.19. The smallest absolute Gasteiger partial charge is 0.191 e. The molecule has 2 N–H and O–H groups in total. The number of hydrogen-bond acceptors (Lipinski definition) is 4. The van der Waals surface area contributed by atoms with Crippen LogP contribution in [0.25, 0.3) is 0 Å². The number of guanidine groups is 1. The zero-order valence-electron chi connectivity index (χ0n) is 14.6. The molecule has 6 heteroatoms. The van der Waals surface area contributed by atoms with Crippen LogP contribution in [0.15, 0.2) is 4.99 Å². The van der Waals surface area contributed by atoms with Gasteiger partial charge in [-0.15, -0.1) is 11.3 Å². The van der Waals surface area contributed by atoms with Crippen LogP contribution in [0.3, 0.4) is 0 Å². The highest BCUT2D eigenvalue weighted by atomic mass is 32.1. The SMILES string of the molecule is CN=C(NCc1sc(C)nc1C)NC1CN(C(C)C)CC1C. The first kappa shape index (κ1) is 17.2. The lowest BCUT2D eigenvalue weighted by molar-refractivity contribution is 0.265. The van der Waals surface area contributed by atoms with Crippen molar-refractivity contribution in [2.75, 3.05) is 20.1 Å². The second-order valence-electron chi connectivity index (χ2n) is 6.44. The van der Waals surface area contributed by atoms with E-state index < -0.39 is 0 Å². The summed E-state index contributed by atoms with van der Waals surface area (Å²) in [5, 5.41) is 8.12. The van der Waals surface area contributed by atoms with Gasteiger partial charge in [-0.1, -0.05) is 6.92 Å². The van der Waals surface area contributed by atoms with Crippen LogP contribution in [0, 0.1) is 19.8 Å². The van der Waals surface area contributed by atoms with Gasteiger partial charge < -0.3 is 10.6 Å². The maximum Gasteiger partial charge on any atom is 0.191 e. The fourth-order valence-electron chi connectivity index (χ4n) is 2.89. The van der Waals surface area contributed by atoms with Gasteiger partial charge in [0.2, 0.25) is 0 Å². The molecule has 1 aliphatic rings. The first-order chi connectivity index (χ1) is 10.4. The van der Waals surface area contributed by atoms with E-state index in [0.717, 1.165) is 36.3 Å². The first-order valence-electron chi connectivity index (χ1n) is 8.04. The number of aryl methyl sites for hydroxylation is 2. The van der Waals surface area contributed by atoms with Crippen molar-refractivity contribution < 1.29 is 0 Å². The van der Waals surface area contributed by atoms with Crippen molar-refractivity contribution in [3.8, 4) is 0 Å². The number of aliphatic imine (C=N–C) groups is 1. The Morgan fingerprint density at radius 3 is 2.64 bits per heavy atom. The van der Waals surface area contributed by atoms with Crippen molar-refractivity contribution in [3.05, 3.63) is 15.6 Å². The second kappa shape index (κ2) is 7.42. The number of nitrogens with zero attached hydrogens (tertiary/aromatic N) is 3. The van der Waals surface area contributed by atoms with Crippen molar-refractivity contribution in [3.63, 3.8) is 0 Å². The van der Waals surface area contributed by atoms with E-state index in [9.17, 15) is 0 Å². The summed E-state index contributed by atoms with van der Waals surface area (Å²) in [5.41, 5.74) is 1.12. The molecule has 0 spiro atoms. The van der Waals surface area contributed by atoms with E-state index in [-0.39, 0.29) is 0 Å². The van der Waals surface area contributed by atoms with Gasteiger partial charge in [-0.05, 0) is 33.6 Å². The maximum atomic E-state index is 4.47. The van der Waals surface area contributed by atoms with Gasteiger partial charge in [0.1, 0.15) is 0 Å². The molecule has 22 heavy (non-hydrogen) atoms. The maximum absolute atomic E-state index is 4.47. The number of aromatic nitrogens is 1. The van der Waals surface area contributed by atoms with Crippen molar-refractivity contribution in [2.24, 2.45) is 10.9 Å². The molecule has 2 unspecified atom stereocenters. The number of rotatable bonds is 4. The largest absolute Gasteiger partial charge is 0.352 e. The quantitative estimate of drug-likeness (QED) is 0.658. The molecule has 1 fully saturated rings. The van der Waals surface area contributed by atoms with Crippen molar-refractivity contribution in [1.29, 1.82) is 0 Å². The van der Waals surface area contributed by atoms with E-state index in [1.165, 1.54) is 4.88 Å². The molecule has 0 aromatic carbocycles. The van der Waals surface area contributed by atoms with E-state index in [1.54, 1.807) is 11.3 Å². The first-order valence-corrected chi connectivity index (χ1v) is 8.86. The van der Waals surface area contributed by atoms with Gasteiger partial charge in [-0.3, -0.25) is 9.89 Å². The van der Waals surface area contributed by atoms with Crippen LogP contribution in [0.2, 0.25) is 0 Å². The fraction of sp³-hybridized carbons (Fsp3) is 0.750. The van der Waals surface area contributed by atoms with Crippen molar-refractivity contribution in [1.82, 2.24) is 20.5 Å². The number of hydrogen-bond donors (Lipinski definition) is 2. The average Bonchev–Trinajstić information content (AvgIpc) is 2.97. The molecular formula is C16H29N5S. The van der Waals surface area contributed by atoms with Crippen molar-refractivity contribution in [2.45, 2.75) is 53.2 Å². The van der Waals surface area contributed by atoms with E-state index in [0.29, 0.717) is 18.0 Å². The minimum Gasteiger partial charge on any atom is -0.352 e. The van der Waals surface area contributed by atoms with Crippen LogP contribution < -0.4 is 10.6 Å². The number of likely N-dealkylation sites (tertiary alicyclic amines) is 1. The standard InChI is InChI=1S/C16H29N5S/c1-10(2)21-8-11(3)14(9-21)20-16(17-6)18-7-15-12(4)19-13(5)22-15/h10-11,14H,7-9H2,1-6H3,(H2,17,18,20). The number of nitrogens with one attached hydrogen (secondary N) is 2. The third kappa shape index (κ3) is 4.20. The third-order valence-corrected chi connectivity index (χ3v) is 5.41. The van der Waals surface area contributed by atoms with Gasteiger partial charge in [0.05, 0.1) is 17.2 Å². The molecule has 0 saturated carbocycles. The molecule has 1 aromatic heterocycles. The van der Waals surface area contributed by atoms with Crippen LogP contribution in [-0.4, -0.2) is 48.1 Å². The predicted molar refractivity (Wildman–Crippen MR) is 94.6 cm³/mol. The molecule has 0 amide bonds. The lowest BCUT2D eigenvalue weighted by Crippen LogP contribution is -2.46. The summed E-state index contributed by atoms with van der Waals surface area (Å²) in [5.74, 6) is 1.52. The topological polar surface area (TPSA) is 52.6 Å². The Morgan fingerprint density at radius 2 is 2.14 bits per heavy atom. The molecule has 0 aliphatic carbocycles. The van der Waals surface area contributed by atoms with Crippen LogP contribution in [0.1, 0.15) is 36.3 Å². The fourth-order valence-corrected chi connectivity index (χ4v) is 3.76. The minimum atomic E-state index is 0.456. The normalized spacial score (nSPS) is 23.3. The second-order valence-corrected chi connectivity index (χ2v) is 7.73. The minimum absolute atomic E-state index is 0.456. The molecule has 1 aliphatic heterocycles. The van der Waals surface area contributed by atoms with Crippen molar-refractivity contribution >= 4 is 17.3 Å². The summed E-state index contributed by atoms with van der Waals surface area (Å²) in [6, 6.07) is 1.06. The zero-order chi connectivity index (χ0) is 16.3. The monoisotopic (exact) mass is 323 g/mol. The molecule has 2 heterocycles.